The molecule has 4 aromatic carbocycles. The van der Waals surface area contributed by atoms with Crippen LogP contribution in [0.3, 0.4) is 0 Å². The molecule has 2 heterocycles. The van der Waals surface area contributed by atoms with Gasteiger partial charge in [0, 0.05) is 16.6 Å². The number of aryl methyl sites for hydroxylation is 1. The van der Waals surface area contributed by atoms with E-state index in [0.717, 1.165) is 29.7 Å². The first kappa shape index (κ1) is 25.0. The van der Waals surface area contributed by atoms with Gasteiger partial charge >= 0.3 is 0 Å². The number of hydrogen-bond donors (Lipinski definition) is 0. The molecule has 0 bridgehead atoms. The van der Waals surface area contributed by atoms with Gasteiger partial charge in [-0.25, -0.2) is 0 Å². The Morgan fingerprint density at radius 1 is 0.769 bits per heavy atom. The van der Waals surface area contributed by atoms with Crippen molar-refractivity contribution in [2.45, 2.75) is 32.1 Å². The van der Waals surface area contributed by atoms with E-state index >= 15 is 0 Å². The lowest BCUT2D eigenvalue weighted by atomic mass is 9.93. The Labute approximate surface area is 233 Å². The van der Waals surface area contributed by atoms with Crippen molar-refractivity contribution in [1.82, 2.24) is 0 Å². The average molecular weight is 532 g/mol. The van der Waals surface area contributed by atoms with Crippen LogP contribution in [0.2, 0.25) is 0 Å². The van der Waals surface area contributed by atoms with E-state index in [1.807, 2.05) is 95.9 Å². The Kier molecular flexibility index (Phi) is 7.41. The second-order valence-electron chi connectivity index (χ2n) is 9.58. The quantitative estimate of drug-likeness (QED) is 0.202. The first-order valence-corrected chi connectivity index (χ1v) is 14.1. The van der Waals surface area contributed by atoms with Crippen molar-refractivity contribution >= 4 is 22.9 Å². The molecule has 5 aromatic rings. The number of para-hydroxylation sites is 1. The third-order valence-corrected chi connectivity index (χ3v) is 7.98. The number of nitrogens with zero attached hydrogens (tertiary/aromatic N) is 1. The number of fused-ring (bicyclic) bond motifs is 1. The predicted octanol–water partition coefficient (Wildman–Crippen LogP) is 8.24. The molecular formula is C34H29NO3S. The fourth-order valence-corrected chi connectivity index (χ4v) is 5.89. The Hall–Kier alpha value is -4.35. The van der Waals surface area contributed by atoms with Gasteiger partial charge in [0.2, 0.25) is 0 Å². The summed E-state index contributed by atoms with van der Waals surface area (Å²) in [6, 6.07) is 37.9. The molecule has 0 fully saturated rings. The second kappa shape index (κ2) is 11.6. The van der Waals surface area contributed by atoms with Gasteiger partial charge < -0.3 is 9.47 Å². The van der Waals surface area contributed by atoms with Gasteiger partial charge in [0.1, 0.15) is 24.7 Å². The number of carbonyl (C=O) groups is 1. The van der Waals surface area contributed by atoms with Crippen molar-refractivity contribution in [2.24, 2.45) is 0 Å². The number of amides is 1. The van der Waals surface area contributed by atoms with E-state index in [-0.39, 0.29) is 11.9 Å². The molecule has 5 heteroatoms. The summed E-state index contributed by atoms with van der Waals surface area (Å²) in [7, 11) is 0. The molecule has 1 amide bonds. The highest BCUT2D eigenvalue weighted by Gasteiger charge is 2.34. The normalized spacial score (nSPS) is 14.5. The first-order valence-electron chi connectivity index (χ1n) is 13.2. The van der Waals surface area contributed by atoms with E-state index < -0.39 is 0 Å². The van der Waals surface area contributed by atoms with E-state index in [1.165, 1.54) is 10.4 Å². The van der Waals surface area contributed by atoms with Gasteiger partial charge in [0.25, 0.3) is 5.91 Å². The van der Waals surface area contributed by atoms with Gasteiger partial charge in [-0.05, 0) is 59.2 Å². The summed E-state index contributed by atoms with van der Waals surface area (Å²) in [5.41, 5.74) is 4.79. The van der Waals surface area contributed by atoms with Gasteiger partial charge in [0.05, 0.1) is 11.6 Å². The molecular weight excluding hydrogens is 502 g/mol. The highest BCUT2D eigenvalue weighted by Crippen LogP contribution is 2.42. The lowest BCUT2D eigenvalue weighted by Gasteiger charge is -2.37. The number of anilines is 1. The summed E-state index contributed by atoms with van der Waals surface area (Å²) >= 11 is 1.69. The Morgan fingerprint density at radius 2 is 1.46 bits per heavy atom. The maximum atomic E-state index is 14.4. The summed E-state index contributed by atoms with van der Waals surface area (Å²) in [4.78, 5) is 17.5. The number of ether oxygens (including phenoxy) is 2. The van der Waals surface area contributed by atoms with Gasteiger partial charge in [-0.2, -0.15) is 0 Å². The van der Waals surface area contributed by atoms with Crippen LogP contribution >= 0.6 is 11.3 Å². The predicted molar refractivity (Wildman–Crippen MR) is 157 cm³/mol. The van der Waals surface area contributed by atoms with Gasteiger partial charge in [-0.3, -0.25) is 9.69 Å². The van der Waals surface area contributed by atoms with Crippen LogP contribution < -0.4 is 14.4 Å². The van der Waals surface area contributed by atoms with E-state index in [4.69, 9.17) is 9.47 Å². The summed E-state index contributed by atoms with van der Waals surface area (Å²) < 4.78 is 12.4. The van der Waals surface area contributed by atoms with E-state index in [2.05, 4.69) is 29.6 Å². The second-order valence-corrected chi connectivity index (χ2v) is 10.6. The lowest BCUT2D eigenvalue weighted by Crippen LogP contribution is -2.38. The van der Waals surface area contributed by atoms with Crippen LogP contribution in [-0.2, 0) is 19.6 Å². The fraction of sp³-hybridized carbons (Fsp3) is 0.147. The molecule has 1 aromatic heterocycles. The number of carbonyl (C=O) groups excluding carboxylic acids is 1. The van der Waals surface area contributed by atoms with E-state index in [1.54, 1.807) is 11.3 Å². The third-order valence-electron chi connectivity index (χ3n) is 7.01. The maximum absolute atomic E-state index is 14.4. The number of rotatable bonds is 8. The summed E-state index contributed by atoms with van der Waals surface area (Å²) in [6.45, 7) is 0.792. The van der Waals surface area contributed by atoms with Crippen LogP contribution in [-0.4, -0.2) is 5.91 Å². The molecule has 0 saturated heterocycles. The maximum Gasteiger partial charge on any atom is 0.262 e. The van der Waals surface area contributed by atoms with E-state index in [0.29, 0.717) is 30.3 Å². The SMILES string of the molecule is O=C(c1ccc(OCc2ccccc2)cc1OCc1ccccc1)N1c2ccccc2CCC1c1cccs1. The van der Waals surface area contributed by atoms with Crippen molar-refractivity contribution in [1.29, 1.82) is 0 Å². The van der Waals surface area contributed by atoms with Crippen molar-refractivity contribution in [3.8, 4) is 11.5 Å². The lowest BCUT2D eigenvalue weighted by molar-refractivity contribution is 0.0968. The molecule has 0 radical (unpaired) electrons. The summed E-state index contributed by atoms with van der Waals surface area (Å²) in [6.07, 6.45) is 1.81. The standard InChI is InChI=1S/C34H29NO3S/c36-34(35-30-15-8-7-14-27(30)17-20-31(35)33-16-9-21-39-33)29-19-18-28(37-23-25-10-3-1-4-11-25)22-32(29)38-24-26-12-5-2-6-13-26/h1-16,18-19,21-22,31H,17,20,23-24H2. The third kappa shape index (κ3) is 5.59. The van der Waals surface area contributed by atoms with Crippen molar-refractivity contribution in [2.75, 3.05) is 4.90 Å². The Bertz CT molecular complexity index is 1530. The first-order chi connectivity index (χ1) is 19.3. The zero-order chi connectivity index (χ0) is 26.4. The molecule has 0 aliphatic carbocycles. The van der Waals surface area contributed by atoms with Crippen molar-refractivity contribution in [3.63, 3.8) is 0 Å². The number of thiophene rings is 1. The highest BCUT2D eigenvalue weighted by molar-refractivity contribution is 7.10. The minimum atomic E-state index is -0.0711. The van der Waals surface area contributed by atoms with Gasteiger partial charge in [-0.15, -0.1) is 11.3 Å². The minimum absolute atomic E-state index is 0.0246. The molecule has 194 valence electrons. The van der Waals surface area contributed by atoms with E-state index in [9.17, 15) is 4.79 Å². The molecule has 1 aliphatic rings. The van der Waals surface area contributed by atoms with Crippen LogP contribution in [0.5, 0.6) is 11.5 Å². The average Bonchev–Trinajstić information content (AvgIpc) is 3.54. The smallest absolute Gasteiger partial charge is 0.262 e. The van der Waals surface area contributed by atoms with Crippen LogP contribution in [0.1, 0.15) is 44.4 Å². The van der Waals surface area contributed by atoms with Crippen molar-refractivity contribution < 1.29 is 14.3 Å². The molecule has 4 nitrogen and oxygen atoms in total. The Balaban J connectivity index is 1.35. The minimum Gasteiger partial charge on any atom is -0.489 e. The molecule has 6 rings (SSSR count). The molecule has 0 N–H and O–H groups in total. The molecule has 1 aliphatic heterocycles. The highest BCUT2D eigenvalue weighted by atomic mass is 32.1. The Morgan fingerprint density at radius 3 is 2.18 bits per heavy atom. The molecule has 1 unspecified atom stereocenters. The molecule has 0 saturated carbocycles. The fourth-order valence-electron chi connectivity index (χ4n) is 5.04. The zero-order valence-electron chi connectivity index (χ0n) is 21.5. The van der Waals surface area contributed by atoms with Crippen LogP contribution in [0.25, 0.3) is 0 Å². The van der Waals surface area contributed by atoms with Crippen LogP contribution in [0, 0.1) is 0 Å². The largest absolute Gasteiger partial charge is 0.489 e. The summed E-state index contributed by atoms with van der Waals surface area (Å²) in [5, 5.41) is 2.08. The van der Waals surface area contributed by atoms with Gasteiger partial charge in [-0.1, -0.05) is 84.9 Å². The van der Waals surface area contributed by atoms with Crippen LogP contribution in [0.4, 0.5) is 5.69 Å². The van der Waals surface area contributed by atoms with Crippen molar-refractivity contribution in [3.05, 3.63) is 148 Å². The monoisotopic (exact) mass is 531 g/mol. The zero-order valence-corrected chi connectivity index (χ0v) is 22.3. The molecule has 1 atom stereocenters. The summed E-state index contributed by atoms with van der Waals surface area (Å²) in [5.74, 6) is 1.10. The molecule has 39 heavy (non-hydrogen) atoms. The van der Waals surface area contributed by atoms with Crippen LogP contribution in [0.15, 0.2) is 121 Å². The number of benzene rings is 4. The topological polar surface area (TPSA) is 38.8 Å². The number of hydrogen-bond acceptors (Lipinski definition) is 4. The molecule has 0 spiro atoms. The van der Waals surface area contributed by atoms with Gasteiger partial charge in [0.15, 0.2) is 0 Å².